The van der Waals surface area contributed by atoms with Crippen molar-refractivity contribution in [2.75, 3.05) is 18.6 Å². The minimum Gasteiger partial charge on any atom is -0.507 e. The minimum absolute atomic E-state index is 0.00332. The van der Waals surface area contributed by atoms with Crippen LogP contribution in [0.2, 0.25) is 0 Å². The lowest BCUT2D eigenvalue weighted by Gasteiger charge is -2.26. The first-order chi connectivity index (χ1) is 17.6. The molecule has 1 fully saturated rings. The Bertz CT molecular complexity index is 1370. The van der Waals surface area contributed by atoms with Gasteiger partial charge in [-0.2, -0.15) is 0 Å². The highest BCUT2D eigenvalue weighted by Crippen LogP contribution is 2.44. The number of hydrogen-bond donors (Lipinski definition) is 1. The van der Waals surface area contributed by atoms with Gasteiger partial charge in [-0.25, -0.2) is 0 Å². The van der Waals surface area contributed by atoms with Crippen molar-refractivity contribution in [3.05, 3.63) is 94.6 Å². The van der Waals surface area contributed by atoms with Gasteiger partial charge in [-0.15, -0.1) is 0 Å². The van der Waals surface area contributed by atoms with Crippen LogP contribution in [0, 0.1) is 6.92 Å². The topological polar surface area (TPSA) is 76.1 Å². The second-order valence-electron chi connectivity index (χ2n) is 10.2. The van der Waals surface area contributed by atoms with Crippen LogP contribution in [0.4, 0.5) is 5.69 Å². The van der Waals surface area contributed by atoms with Crippen molar-refractivity contribution < 1.29 is 24.2 Å². The van der Waals surface area contributed by atoms with Gasteiger partial charge >= 0.3 is 0 Å². The molecule has 6 nitrogen and oxygen atoms in total. The van der Waals surface area contributed by atoms with Crippen molar-refractivity contribution in [3.8, 4) is 11.5 Å². The van der Waals surface area contributed by atoms with Gasteiger partial charge in [0, 0.05) is 5.69 Å². The third-order valence-electron chi connectivity index (χ3n) is 6.56. The van der Waals surface area contributed by atoms with Crippen molar-refractivity contribution in [1.29, 1.82) is 0 Å². The average molecular weight is 500 g/mol. The van der Waals surface area contributed by atoms with Gasteiger partial charge in [0.1, 0.15) is 17.3 Å². The minimum atomic E-state index is -0.855. The van der Waals surface area contributed by atoms with Gasteiger partial charge in [-0.3, -0.25) is 14.5 Å². The molecule has 0 spiro atoms. The van der Waals surface area contributed by atoms with Crippen molar-refractivity contribution in [2.45, 2.75) is 46.1 Å². The molecule has 4 rings (SSSR count). The highest BCUT2D eigenvalue weighted by Gasteiger charge is 2.47. The third-order valence-corrected chi connectivity index (χ3v) is 6.56. The number of anilines is 1. The van der Waals surface area contributed by atoms with Gasteiger partial charge in [0.05, 0.1) is 30.9 Å². The summed E-state index contributed by atoms with van der Waals surface area (Å²) < 4.78 is 11.2. The molecule has 1 unspecified atom stereocenters. The van der Waals surface area contributed by atoms with Crippen molar-refractivity contribution in [3.63, 3.8) is 0 Å². The SMILES string of the molecule is CCOc1cccc(C2/C(=C(\O)c3cc(C(C)(C)C)ccc3OC)C(=O)C(=O)N2c2ccc(C)cc2)c1. The molecule has 6 heteroatoms. The molecule has 3 aromatic carbocycles. The van der Waals surface area contributed by atoms with E-state index in [1.165, 1.54) is 12.0 Å². The molecule has 1 N–H and O–H groups in total. The zero-order valence-electron chi connectivity index (χ0n) is 22.2. The Labute approximate surface area is 218 Å². The zero-order chi connectivity index (χ0) is 26.9. The summed E-state index contributed by atoms with van der Waals surface area (Å²) in [5.41, 5.74) is 3.36. The lowest BCUT2D eigenvalue weighted by atomic mass is 9.85. The molecular formula is C31H33NO5. The number of Topliss-reactive ketones (excluding diaryl/α,β-unsaturated/α-hetero) is 1. The van der Waals surface area contributed by atoms with Gasteiger partial charge in [-0.05, 0) is 66.8 Å². The number of rotatable bonds is 6. The number of nitrogens with zero attached hydrogens (tertiary/aromatic N) is 1. The number of ketones is 1. The van der Waals surface area contributed by atoms with Crippen LogP contribution in [-0.4, -0.2) is 30.5 Å². The van der Waals surface area contributed by atoms with Crippen molar-refractivity contribution in [1.82, 2.24) is 0 Å². The van der Waals surface area contributed by atoms with E-state index in [9.17, 15) is 14.7 Å². The molecule has 0 bridgehead atoms. The lowest BCUT2D eigenvalue weighted by molar-refractivity contribution is -0.132. The summed E-state index contributed by atoms with van der Waals surface area (Å²) in [4.78, 5) is 28.5. The highest BCUT2D eigenvalue weighted by molar-refractivity contribution is 6.51. The van der Waals surface area contributed by atoms with E-state index in [1.54, 1.807) is 24.3 Å². The number of amides is 1. The molecule has 0 saturated carbocycles. The molecule has 1 saturated heterocycles. The van der Waals surface area contributed by atoms with E-state index >= 15 is 0 Å². The highest BCUT2D eigenvalue weighted by atomic mass is 16.5. The van der Waals surface area contributed by atoms with Gasteiger partial charge in [0.2, 0.25) is 0 Å². The monoisotopic (exact) mass is 499 g/mol. The number of hydrogen-bond acceptors (Lipinski definition) is 5. The maximum Gasteiger partial charge on any atom is 0.300 e. The second kappa shape index (κ2) is 10.1. The number of ether oxygens (including phenoxy) is 2. The van der Waals surface area contributed by atoms with Crippen molar-refractivity contribution >= 4 is 23.1 Å². The van der Waals surface area contributed by atoms with Crippen LogP contribution in [0.15, 0.2) is 72.3 Å². The summed E-state index contributed by atoms with van der Waals surface area (Å²) in [7, 11) is 1.51. The van der Waals surface area contributed by atoms with Crippen LogP contribution < -0.4 is 14.4 Å². The van der Waals surface area contributed by atoms with Gasteiger partial charge in [0.15, 0.2) is 0 Å². The van der Waals surface area contributed by atoms with Crippen LogP contribution in [-0.2, 0) is 15.0 Å². The molecule has 192 valence electrons. The van der Waals surface area contributed by atoms with Gasteiger partial charge in [0.25, 0.3) is 11.7 Å². The zero-order valence-corrected chi connectivity index (χ0v) is 22.2. The Morgan fingerprint density at radius 1 is 1.00 bits per heavy atom. The fourth-order valence-electron chi connectivity index (χ4n) is 4.57. The number of benzene rings is 3. The van der Waals surface area contributed by atoms with Crippen molar-refractivity contribution in [2.24, 2.45) is 0 Å². The van der Waals surface area contributed by atoms with Gasteiger partial charge < -0.3 is 14.6 Å². The van der Waals surface area contributed by atoms with E-state index in [0.717, 1.165) is 11.1 Å². The lowest BCUT2D eigenvalue weighted by Crippen LogP contribution is -2.29. The van der Waals surface area contributed by atoms with Crippen LogP contribution in [0.5, 0.6) is 11.5 Å². The van der Waals surface area contributed by atoms with E-state index in [-0.39, 0.29) is 16.7 Å². The number of methoxy groups -OCH3 is 1. The summed E-state index contributed by atoms with van der Waals surface area (Å²) in [5.74, 6) is -0.713. The molecule has 37 heavy (non-hydrogen) atoms. The first-order valence-corrected chi connectivity index (χ1v) is 12.4. The Morgan fingerprint density at radius 3 is 2.32 bits per heavy atom. The maximum atomic E-state index is 13.6. The number of aryl methyl sites for hydroxylation is 1. The smallest absolute Gasteiger partial charge is 0.300 e. The van der Waals surface area contributed by atoms with E-state index in [4.69, 9.17) is 9.47 Å². The summed E-state index contributed by atoms with van der Waals surface area (Å²) in [6.45, 7) is 10.5. The molecule has 0 radical (unpaired) electrons. The normalized spacial score (nSPS) is 17.2. The quantitative estimate of drug-likeness (QED) is 0.244. The fraction of sp³-hybridized carbons (Fsp3) is 0.290. The van der Waals surface area contributed by atoms with Crippen LogP contribution >= 0.6 is 0 Å². The Kier molecular flexibility index (Phi) is 7.12. The molecule has 0 aromatic heterocycles. The summed E-state index contributed by atoms with van der Waals surface area (Å²) >= 11 is 0. The third kappa shape index (κ3) is 4.96. The van der Waals surface area contributed by atoms with Gasteiger partial charge in [-0.1, -0.05) is 56.7 Å². The largest absolute Gasteiger partial charge is 0.507 e. The molecule has 1 aliphatic heterocycles. The summed E-state index contributed by atoms with van der Waals surface area (Å²) in [6.07, 6.45) is 0. The van der Waals surface area contributed by atoms with E-state index in [2.05, 4.69) is 20.8 Å². The fourth-order valence-corrected chi connectivity index (χ4v) is 4.57. The predicted molar refractivity (Wildman–Crippen MR) is 145 cm³/mol. The Morgan fingerprint density at radius 2 is 1.70 bits per heavy atom. The molecule has 1 aliphatic rings. The van der Waals surface area contributed by atoms with Crippen LogP contribution in [0.3, 0.4) is 0 Å². The first kappa shape index (κ1) is 26.0. The molecular weight excluding hydrogens is 466 g/mol. The molecule has 1 amide bonds. The molecule has 1 atom stereocenters. The summed E-state index contributed by atoms with van der Waals surface area (Å²) in [6, 6.07) is 19.3. The van der Waals surface area contributed by atoms with E-state index in [0.29, 0.717) is 34.9 Å². The second-order valence-corrected chi connectivity index (χ2v) is 10.2. The Hall–Kier alpha value is -4.06. The summed E-state index contributed by atoms with van der Waals surface area (Å²) in [5, 5.41) is 11.7. The number of carbonyl (C=O) groups is 2. The number of aliphatic hydroxyl groups is 1. The molecule has 3 aromatic rings. The molecule has 0 aliphatic carbocycles. The standard InChI is InChI=1S/C31H33NO5/c1-7-37-23-10-8-9-20(17-23)27-26(29(34)30(35)32(27)22-14-11-19(2)12-15-22)28(33)24-18-21(31(3,4)5)13-16-25(24)36-6/h8-18,27,33H,7H2,1-6H3/b28-26+. The predicted octanol–water partition coefficient (Wildman–Crippen LogP) is 6.33. The van der Waals surface area contributed by atoms with Crippen LogP contribution in [0.25, 0.3) is 5.76 Å². The number of carbonyl (C=O) groups excluding carboxylic acids is 2. The maximum absolute atomic E-state index is 13.6. The first-order valence-electron chi connectivity index (χ1n) is 12.4. The molecule has 1 heterocycles. The van der Waals surface area contributed by atoms with Crippen LogP contribution in [0.1, 0.15) is 56.0 Å². The van der Waals surface area contributed by atoms with E-state index in [1.807, 2.05) is 56.3 Å². The average Bonchev–Trinajstić information content (AvgIpc) is 3.14. The Balaban J connectivity index is 1.99. The van der Waals surface area contributed by atoms with E-state index < -0.39 is 17.7 Å². The number of aliphatic hydroxyl groups excluding tert-OH is 1.